The number of nitrogens with one attached hydrogen (secondary N) is 1. The van der Waals surface area contributed by atoms with Gasteiger partial charge < -0.3 is 4.42 Å². The molecule has 0 spiro atoms. The summed E-state index contributed by atoms with van der Waals surface area (Å²) in [6, 6.07) is 6.06. The van der Waals surface area contributed by atoms with Gasteiger partial charge in [0.1, 0.15) is 5.82 Å². The molecule has 0 fully saturated rings. The highest BCUT2D eigenvalue weighted by Gasteiger charge is 2.21. The topological polar surface area (TPSA) is 51.2 Å². The largest absolute Gasteiger partial charge is 0.453 e. The first-order chi connectivity index (χ1) is 8.15. The summed E-state index contributed by atoms with van der Waals surface area (Å²) in [5.74, 6) is 5.07. The van der Waals surface area contributed by atoms with Gasteiger partial charge in [0.15, 0.2) is 5.22 Å². The third-order valence-electron chi connectivity index (χ3n) is 2.42. The number of nitrogens with two attached hydrogens (primary N) is 1. The summed E-state index contributed by atoms with van der Waals surface area (Å²) in [6.45, 7) is 0. The first-order valence-corrected chi connectivity index (χ1v) is 5.95. The van der Waals surface area contributed by atoms with E-state index in [-0.39, 0.29) is 11.0 Å². The quantitative estimate of drug-likeness (QED) is 0.673. The van der Waals surface area contributed by atoms with Crippen molar-refractivity contribution in [3.63, 3.8) is 0 Å². The van der Waals surface area contributed by atoms with Crippen molar-refractivity contribution in [2.45, 2.75) is 6.04 Å². The van der Waals surface area contributed by atoms with Crippen molar-refractivity contribution < 1.29 is 8.81 Å². The Morgan fingerprint density at radius 3 is 2.71 bits per heavy atom. The molecule has 17 heavy (non-hydrogen) atoms. The fourth-order valence-electron chi connectivity index (χ4n) is 1.60. The molecule has 0 aliphatic rings. The molecule has 3 N–H and O–H groups in total. The van der Waals surface area contributed by atoms with Gasteiger partial charge in [-0.2, -0.15) is 0 Å². The van der Waals surface area contributed by atoms with Crippen LogP contribution in [0.1, 0.15) is 17.2 Å². The van der Waals surface area contributed by atoms with Crippen LogP contribution in [0, 0.1) is 5.82 Å². The van der Waals surface area contributed by atoms with Crippen LogP contribution in [0.15, 0.2) is 39.4 Å². The van der Waals surface area contributed by atoms with E-state index in [9.17, 15) is 4.39 Å². The van der Waals surface area contributed by atoms with Crippen LogP contribution in [0.5, 0.6) is 0 Å². The van der Waals surface area contributed by atoms with E-state index in [0.29, 0.717) is 15.6 Å². The van der Waals surface area contributed by atoms with E-state index in [4.69, 9.17) is 21.9 Å². The number of halogens is 3. The molecule has 1 aromatic heterocycles. The summed E-state index contributed by atoms with van der Waals surface area (Å²) in [7, 11) is 0. The second-order valence-electron chi connectivity index (χ2n) is 3.39. The van der Waals surface area contributed by atoms with Gasteiger partial charge in [0, 0.05) is 11.1 Å². The minimum absolute atomic E-state index is 0.187. The van der Waals surface area contributed by atoms with Crippen LogP contribution in [-0.2, 0) is 0 Å². The predicted octanol–water partition coefficient (Wildman–Crippen LogP) is 3.39. The van der Waals surface area contributed by atoms with Crippen molar-refractivity contribution in [3.8, 4) is 0 Å². The Kier molecular flexibility index (Phi) is 3.83. The second kappa shape index (κ2) is 5.18. The normalized spacial score (nSPS) is 12.7. The summed E-state index contributed by atoms with van der Waals surface area (Å²) in [5.41, 5.74) is 3.51. The molecule has 2 rings (SSSR count). The summed E-state index contributed by atoms with van der Waals surface area (Å²) in [5, 5.41) is 0.187. The summed E-state index contributed by atoms with van der Waals surface area (Å²) >= 11 is 8.98. The number of hydrogen-bond donors (Lipinski definition) is 2. The third-order valence-corrected chi connectivity index (χ3v) is 3.34. The smallest absolute Gasteiger partial charge is 0.198 e. The zero-order valence-electron chi connectivity index (χ0n) is 8.58. The Morgan fingerprint density at radius 2 is 2.12 bits per heavy atom. The minimum atomic E-state index is -0.557. The fourth-order valence-corrected chi connectivity index (χ4v) is 2.21. The van der Waals surface area contributed by atoms with Gasteiger partial charge >= 0.3 is 0 Å². The lowest BCUT2D eigenvalue weighted by Crippen LogP contribution is -2.29. The van der Waals surface area contributed by atoms with Crippen molar-refractivity contribution in [1.82, 2.24) is 5.43 Å². The van der Waals surface area contributed by atoms with E-state index in [2.05, 4.69) is 21.4 Å². The highest BCUT2D eigenvalue weighted by atomic mass is 79.9. The molecule has 3 nitrogen and oxygen atoms in total. The summed E-state index contributed by atoms with van der Waals surface area (Å²) in [4.78, 5) is 0. The SMILES string of the molecule is NNC(c1ccoc1Cl)c1cccc(Br)c1F. The fraction of sp³-hybridized carbons (Fsp3) is 0.0909. The molecular weight excluding hydrogens is 310 g/mol. The molecule has 1 aromatic carbocycles. The molecular formula is C11H9BrClFN2O. The number of hydrazine groups is 1. The van der Waals surface area contributed by atoms with Gasteiger partial charge in [-0.15, -0.1) is 0 Å². The Morgan fingerprint density at radius 1 is 1.35 bits per heavy atom. The lowest BCUT2D eigenvalue weighted by molar-refractivity contribution is 0.538. The minimum Gasteiger partial charge on any atom is -0.453 e. The standard InChI is InChI=1S/C11H9BrClFN2O/c12-8-3-1-2-6(9(8)14)10(16-15)7-4-5-17-11(7)13/h1-5,10,16H,15H2. The van der Waals surface area contributed by atoms with Gasteiger partial charge in [0.25, 0.3) is 0 Å². The van der Waals surface area contributed by atoms with Gasteiger partial charge in [0.2, 0.25) is 0 Å². The third kappa shape index (κ3) is 2.37. The molecule has 1 atom stereocenters. The second-order valence-corrected chi connectivity index (χ2v) is 4.59. The van der Waals surface area contributed by atoms with E-state index in [0.717, 1.165) is 0 Å². The van der Waals surface area contributed by atoms with Crippen molar-refractivity contribution >= 4 is 27.5 Å². The van der Waals surface area contributed by atoms with Gasteiger partial charge in [-0.25, -0.2) is 9.82 Å². The molecule has 6 heteroatoms. The van der Waals surface area contributed by atoms with Crippen LogP contribution < -0.4 is 11.3 Å². The van der Waals surface area contributed by atoms with E-state index in [1.54, 1.807) is 24.3 Å². The van der Waals surface area contributed by atoms with Gasteiger partial charge in [-0.1, -0.05) is 12.1 Å². The average Bonchev–Trinajstić information content (AvgIpc) is 2.72. The Bertz CT molecular complexity index is 532. The number of hydrogen-bond acceptors (Lipinski definition) is 3. The van der Waals surface area contributed by atoms with Crippen LogP contribution in [0.4, 0.5) is 4.39 Å². The predicted molar refractivity (Wildman–Crippen MR) is 67.0 cm³/mol. The number of benzene rings is 1. The van der Waals surface area contributed by atoms with Gasteiger partial charge in [-0.05, 0) is 39.7 Å². The maximum Gasteiger partial charge on any atom is 0.198 e. The zero-order valence-corrected chi connectivity index (χ0v) is 10.9. The number of furan rings is 1. The molecule has 0 saturated heterocycles. The van der Waals surface area contributed by atoms with E-state index >= 15 is 0 Å². The molecule has 0 aliphatic carbocycles. The molecule has 90 valence electrons. The lowest BCUT2D eigenvalue weighted by atomic mass is 10.0. The molecule has 1 unspecified atom stereocenters. The molecule has 2 aromatic rings. The van der Waals surface area contributed by atoms with Crippen LogP contribution in [0.25, 0.3) is 0 Å². The first-order valence-electron chi connectivity index (χ1n) is 4.78. The molecule has 0 bridgehead atoms. The molecule has 0 radical (unpaired) electrons. The zero-order chi connectivity index (χ0) is 12.4. The molecule has 0 saturated carbocycles. The monoisotopic (exact) mass is 318 g/mol. The first kappa shape index (κ1) is 12.6. The Hall–Kier alpha value is -0.880. The highest BCUT2D eigenvalue weighted by Crippen LogP contribution is 2.32. The van der Waals surface area contributed by atoms with Gasteiger partial charge in [0.05, 0.1) is 16.8 Å². The van der Waals surface area contributed by atoms with Crippen molar-refractivity contribution in [2.24, 2.45) is 5.84 Å². The lowest BCUT2D eigenvalue weighted by Gasteiger charge is -2.16. The van der Waals surface area contributed by atoms with Gasteiger partial charge in [-0.3, -0.25) is 5.84 Å². The molecule has 0 aliphatic heterocycles. The van der Waals surface area contributed by atoms with E-state index in [1.807, 2.05) is 0 Å². The van der Waals surface area contributed by atoms with Crippen LogP contribution in [0.3, 0.4) is 0 Å². The number of rotatable bonds is 3. The Balaban J connectivity index is 2.50. The van der Waals surface area contributed by atoms with E-state index in [1.165, 1.54) is 6.26 Å². The van der Waals surface area contributed by atoms with Crippen LogP contribution >= 0.6 is 27.5 Å². The van der Waals surface area contributed by atoms with Crippen molar-refractivity contribution in [2.75, 3.05) is 0 Å². The average molecular weight is 320 g/mol. The maximum atomic E-state index is 13.9. The summed E-state index contributed by atoms with van der Waals surface area (Å²) in [6.07, 6.45) is 1.43. The maximum absolute atomic E-state index is 13.9. The molecule has 1 heterocycles. The molecule has 0 amide bonds. The van der Waals surface area contributed by atoms with Crippen LogP contribution in [-0.4, -0.2) is 0 Å². The summed E-state index contributed by atoms with van der Waals surface area (Å²) < 4.78 is 19.3. The van der Waals surface area contributed by atoms with E-state index < -0.39 is 6.04 Å². The van der Waals surface area contributed by atoms with Crippen molar-refractivity contribution in [3.05, 3.63) is 57.2 Å². The van der Waals surface area contributed by atoms with Crippen molar-refractivity contribution in [1.29, 1.82) is 0 Å². The highest BCUT2D eigenvalue weighted by molar-refractivity contribution is 9.10. The van der Waals surface area contributed by atoms with Crippen LogP contribution in [0.2, 0.25) is 5.22 Å². The Labute approximate surface area is 111 Å².